The Bertz CT molecular complexity index is 770. The summed E-state index contributed by atoms with van der Waals surface area (Å²) in [4.78, 5) is 28.1. The van der Waals surface area contributed by atoms with Gasteiger partial charge < -0.3 is 24.1 Å². The van der Waals surface area contributed by atoms with E-state index in [-0.39, 0.29) is 11.8 Å². The number of carbonyl (C=O) groups is 2. The average Bonchev–Trinajstić information content (AvgIpc) is 3.26. The summed E-state index contributed by atoms with van der Waals surface area (Å²) in [5, 5.41) is 2.85. The monoisotopic (exact) mass is 387 g/mol. The van der Waals surface area contributed by atoms with E-state index in [1.807, 2.05) is 29.2 Å². The van der Waals surface area contributed by atoms with E-state index in [0.717, 1.165) is 0 Å². The first-order chi connectivity index (χ1) is 13.7. The summed E-state index contributed by atoms with van der Waals surface area (Å²) in [6, 6.07) is 10.7. The molecule has 0 radical (unpaired) electrons. The Morgan fingerprint density at radius 1 is 1.07 bits per heavy atom. The van der Waals surface area contributed by atoms with Crippen LogP contribution in [0.1, 0.15) is 10.6 Å². The molecule has 0 saturated carbocycles. The molecule has 2 amide bonds. The molecule has 1 N–H and O–H groups in total. The molecule has 2 heterocycles. The zero-order valence-corrected chi connectivity index (χ0v) is 15.9. The maximum Gasteiger partial charge on any atom is 0.289 e. The van der Waals surface area contributed by atoms with E-state index in [1.165, 1.54) is 6.26 Å². The number of nitrogens with one attached hydrogen (secondary N) is 1. The Labute approximate surface area is 164 Å². The SMILES string of the molecule is COc1ccccc1OCCNC(=O)CN1CCN(C(=O)c2ccco2)CC1. The molecule has 1 fully saturated rings. The highest BCUT2D eigenvalue weighted by atomic mass is 16.5. The molecular formula is C20H25N3O5. The van der Waals surface area contributed by atoms with Gasteiger partial charge in [0.2, 0.25) is 5.91 Å². The first-order valence-corrected chi connectivity index (χ1v) is 9.25. The summed E-state index contributed by atoms with van der Waals surface area (Å²) >= 11 is 0. The Morgan fingerprint density at radius 2 is 1.82 bits per heavy atom. The number of para-hydroxylation sites is 2. The largest absolute Gasteiger partial charge is 0.493 e. The number of amides is 2. The molecule has 1 aliphatic heterocycles. The zero-order valence-electron chi connectivity index (χ0n) is 15.9. The molecule has 1 aliphatic rings. The topological polar surface area (TPSA) is 84.3 Å². The average molecular weight is 387 g/mol. The van der Waals surface area contributed by atoms with Crippen LogP contribution in [-0.2, 0) is 4.79 Å². The van der Waals surface area contributed by atoms with E-state index < -0.39 is 0 Å². The van der Waals surface area contributed by atoms with Crippen LogP contribution in [0.25, 0.3) is 0 Å². The Kier molecular flexibility index (Phi) is 6.91. The lowest BCUT2D eigenvalue weighted by Crippen LogP contribution is -2.51. The summed E-state index contributed by atoms with van der Waals surface area (Å²) in [6.45, 7) is 3.52. The molecule has 0 bridgehead atoms. The van der Waals surface area contributed by atoms with Gasteiger partial charge >= 0.3 is 0 Å². The molecule has 0 aliphatic carbocycles. The number of methoxy groups -OCH3 is 1. The van der Waals surface area contributed by atoms with E-state index in [2.05, 4.69) is 5.32 Å². The van der Waals surface area contributed by atoms with Gasteiger partial charge in [-0.15, -0.1) is 0 Å². The van der Waals surface area contributed by atoms with E-state index in [0.29, 0.717) is 63.1 Å². The number of nitrogens with zero attached hydrogens (tertiary/aromatic N) is 2. The third-order valence-corrected chi connectivity index (χ3v) is 4.51. The van der Waals surface area contributed by atoms with Crippen LogP contribution in [0, 0.1) is 0 Å². The van der Waals surface area contributed by atoms with Crippen molar-refractivity contribution < 1.29 is 23.5 Å². The van der Waals surface area contributed by atoms with Crippen molar-refractivity contribution in [1.82, 2.24) is 15.1 Å². The van der Waals surface area contributed by atoms with Gasteiger partial charge in [0.05, 0.1) is 26.5 Å². The van der Waals surface area contributed by atoms with Crippen molar-refractivity contribution in [3.63, 3.8) is 0 Å². The van der Waals surface area contributed by atoms with Crippen molar-refractivity contribution in [2.75, 3.05) is 53.0 Å². The van der Waals surface area contributed by atoms with Crippen molar-refractivity contribution in [2.24, 2.45) is 0 Å². The van der Waals surface area contributed by atoms with Gasteiger partial charge in [-0.25, -0.2) is 0 Å². The predicted molar refractivity (Wildman–Crippen MR) is 103 cm³/mol. The van der Waals surface area contributed by atoms with E-state index >= 15 is 0 Å². The minimum atomic E-state index is -0.109. The quantitative estimate of drug-likeness (QED) is 0.686. The van der Waals surface area contributed by atoms with Gasteiger partial charge in [-0.3, -0.25) is 14.5 Å². The molecule has 28 heavy (non-hydrogen) atoms. The van der Waals surface area contributed by atoms with Crippen LogP contribution in [0.15, 0.2) is 47.1 Å². The van der Waals surface area contributed by atoms with Gasteiger partial charge in [0.1, 0.15) is 6.61 Å². The number of furan rings is 1. The lowest BCUT2D eigenvalue weighted by Gasteiger charge is -2.33. The van der Waals surface area contributed by atoms with Crippen LogP contribution in [0.5, 0.6) is 11.5 Å². The summed E-state index contributed by atoms with van der Waals surface area (Å²) in [7, 11) is 1.59. The summed E-state index contributed by atoms with van der Waals surface area (Å²) in [5.41, 5.74) is 0. The van der Waals surface area contributed by atoms with Gasteiger partial charge in [0.25, 0.3) is 5.91 Å². The molecule has 1 aromatic carbocycles. The Balaban J connectivity index is 1.33. The van der Waals surface area contributed by atoms with E-state index in [9.17, 15) is 9.59 Å². The molecule has 1 aromatic heterocycles. The highest BCUT2D eigenvalue weighted by molar-refractivity contribution is 5.91. The van der Waals surface area contributed by atoms with E-state index in [1.54, 1.807) is 24.1 Å². The minimum Gasteiger partial charge on any atom is -0.493 e. The van der Waals surface area contributed by atoms with E-state index in [4.69, 9.17) is 13.9 Å². The molecule has 8 nitrogen and oxygen atoms in total. The fourth-order valence-electron chi connectivity index (χ4n) is 3.01. The number of carbonyl (C=O) groups excluding carboxylic acids is 2. The van der Waals surface area contributed by atoms with Crippen LogP contribution >= 0.6 is 0 Å². The highest BCUT2D eigenvalue weighted by Crippen LogP contribution is 2.25. The second kappa shape index (κ2) is 9.80. The third-order valence-electron chi connectivity index (χ3n) is 4.51. The second-order valence-corrected chi connectivity index (χ2v) is 6.39. The molecule has 0 spiro atoms. The molecule has 0 atom stereocenters. The molecule has 8 heteroatoms. The fourth-order valence-corrected chi connectivity index (χ4v) is 3.01. The maximum atomic E-state index is 12.2. The van der Waals surface area contributed by atoms with Crippen molar-refractivity contribution in [3.05, 3.63) is 48.4 Å². The normalized spacial score (nSPS) is 14.5. The second-order valence-electron chi connectivity index (χ2n) is 6.39. The smallest absolute Gasteiger partial charge is 0.289 e. The van der Waals surface area contributed by atoms with Crippen molar-refractivity contribution in [2.45, 2.75) is 0 Å². The Hall–Kier alpha value is -3.00. The van der Waals surface area contributed by atoms with Crippen molar-refractivity contribution >= 4 is 11.8 Å². The summed E-state index contributed by atoms with van der Waals surface area (Å²) in [6.07, 6.45) is 1.49. The first-order valence-electron chi connectivity index (χ1n) is 9.25. The van der Waals surface area contributed by atoms with Crippen molar-refractivity contribution in [1.29, 1.82) is 0 Å². The standard InChI is InChI=1S/C20H25N3O5/c1-26-16-5-2-3-6-17(16)28-14-8-21-19(24)15-22-9-11-23(12-10-22)20(25)18-7-4-13-27-18/h2-7,13H,8-12,14-15H2,1H3,(H,21,24). The summed E-state index contributed by atoms with van der Waals surface area (Å²) < 4.78 is 16.0. The van der Waals surface area contributed by atoms with Crippen LogP contribution < -0.4 is 14.8 Å². The minimum absolute atomic E-state index is 0.0607. The highest BCUT2D eigenvalue weighted by Gasteiger charge is 2.24. The van der Waals surface area contributed by atoms with Gasteiger partial charge in [-0.1, -0.05) is 12.1 Å². The molecule has 150 valence electrons. The number of piperazine rings is 1. The first kappa shape index (κ1) is 19.8. The van der Waals surface area contributed by atoms with Gasteiger partial charge in [-0.05, 0) is 24.3 Å². The molecule has 0 unspecified atom stereocenters. The molecule has 3 rings (SSSR count). The van der Waals surface area contributed by atoms with Crippen molar-refractivity contribution in [3.8, 4) is 11.5 Å². The number of rotatable bonds is 8. The van der Waals surface area contributed by atoms with Gasteiger partial charge in [0, 0.05) is 26.2 Å². The molecular weight excluding hydrogens is 362 g/mol. The van der Waals surface area contributed by atoms with Gasteiger partial charge in [0.15, 0.2) is 17.3 Å². The Morgan fingerprint density at radius 3 is 2.50 bits per heavy atom. The van der Waals surface area contributed by atoms with Crippen LogP contribution in [0.4, 0.5) is 0 Å². The van der Waals surface area contributed by atoms with Gasteiger partial charge in [-0.2, -0.15) is 0 Å². The maximum absolute atomic E-state index is 12.2. The predicted octanol–water partition coefficient (Wildman–Crippen LogP) is 1.24. The fraction of sp³-hybridized carbons (Fsp3) is 0.400. The van der Waals surface area contributed by atoms with Crippen LogP contribution in [0.2, 0.25) is 0 Å². The zero-order chi connectivity index (χ0) is 19.8. The summed E-state index contributed by atoms with van der Waals surface area (Å²) in [5.74, 6) is 1.49. The van der Waals surface area contributed by atoms with Crippen LogP contribution in [-0.4, -0.2) is 74.6 Å². The number of hydrogen-bond donors (Lipinski definition) is 1. The lowest BCUT2D eigenvalue weighted by molar-refractivity contribution is -0.122. The number of ether oxygens (including phenoxy) is 2. The molecule has 2 aromatic rings. The molecule has 1 saturated heterocycles. The lowest BCUT2D eigenvalue weighted by atomic mass is 10.3. The third kappa shape index (κ3) is 5.26. The number of hydrogen-bond acceptors (Lipinski definition) is 6. The van der Waals surface area contributed by atoms with Crippen LogP contribution in [0.3, 0.4) is 0 Å². The number of benzene rings is 1.